The van der Waals surface area contributed by atoms with Crippen molar-refractivity contribution in [2.24, 2.45) is 0 Å². The van der Waals surface area contributed by atoms with Crippen molar-refractivity contribution >= 4 is 11.6 Å². The van der Waals surface area contributed by atoms with Crippen LogP contribution in [0, 0.1) is 0 Å². The van der Waals surface area contributed by atoms with E-state index in [2.05, 4.69) is 25.9 Å². The zero-order valence-electron chi connectivity index (χ0n) is 13.8. The van der Waals surface area contributed by atoms with E-state index in [-0.39, 0.29) is 11.9 Å². The fraction of sp³-hybridized carbons (Fsp3) is 0.278. The third-order valence-electron chi connectivity index (χ3n) is 4.38. The lowest BCUT2D eigenvalue weighted by Gasteiger charge is -2.06. The van der Waals surface area contributed by atoms with Crippen molar-refractivity contribution in [3.63, 3.8) is 0 Å². The number of amides is 1. The molecule has 1 aliphatic heterocycles. The van der Waals surface area contributed by atoms with Gasteiger partial charge in [0.25, 0.3) is 5.91 Å². The second-order valence-electron chi connectivity index (χ2n) is 6.21. The minimum Gasteiger partial charge on any atom is -0.321 e. The molecule has 0 bridgehead atoms. The highest BCUT2D eigenvalue weighted by Gasteiger charge is 2.20. The van der Waals surface area contributed by atoms with Crippen LogP contribution in [-0.2, 0) is 6.54 Å². The Hall–Kier alpha value is -2.93. The Morgan fingerprint density at radius 3 is 2.92 bits per heavy atom. The molecule has 0 radical (unpaired) electrons. The van der Waals surface area contributed by atoms with Crippen molar-refractivity contribution < 1.29 is 4.79 Å². The maximum atomic E-state index is 12.4. The molecule has 7 heteroatoms. The number of aromatic amines is 1. The molecule has 1 unspecified atom stereocenters. The molecule has 25 heavy (non-hydrogen) atoms. The maximum absolute atomic E-state index is 12.4. The standard InChI is InChI=1S/C18H20N6O/c25-18(17-11-16(22-23-17)15-3-1-8-19-15)21-14-6-4-13(5-7-14)12-24-10-2-9-20-24/h2,4-7,9-11,15,19H,1,3,8,12H2,(H,21,25)(H,22,23). The highest BCUT2D eigenvalue weighted by Crippen LogP contribution is 2.22. The van der Waals surface area contributed by atoms with E-state index >= 15 is 0 Å². The fourth-order valence-electron chi connectivity index (χ4n) is 3.05. The first-order chi connectivity index (χ1) is 12.3. The average molecular weight is 336 g/mol. The van der Waals surface area contributed by atoms with Gasteiger partial charge in [-0.3, -0.25) is 14.6 Å². The largest absolute Gasteiger partial charge is 0.321 e. The van der Waals surface area contributed by atoms with E-state index in [1.807, 2.05) is 47.3 Å². The molecule has 3 heterocycles. The van der Waals surface area contributed by atoms with Gasteiger partial charge in [0.05, 0.1) is 12.2 Å². The Morgan fingerprint density at radius 2 is 2.20 bits per heavy atom. The van der Waals surface area contributed by atoms with Crippen LogP contribution in [0.3, 0.4) is 0 Å². The van der Waals surface area contributed by atoms with E-state index in [0.717, 1.165) is 36.3 Å². The van der Waals surface area contributed by atoms with Gasteiger partial charge in [-0.15, -0.1) is 0 Å². The Bertz CT molecular complexity index is 831. The number of benzene rings is 1. The van der Waals surface area contributed by atoms with E-state index < -0.39 is 0 Å². The van der Waals surface area contributed by atoms with Crippen molar-refractivity contribution in [1.29, 1.82) is 0 Å². The van der Waals surface area contributed by atoms with Crippen molar-refractivity contribution in [3.05, 3.63) is 65.7 Å². The minimum atomic E-state index is -0.208. The molecule has 3 N–H and O–H groups in total. The van der Waals surface area contributed by atoms with Crippen LogP contribution < -0.4 is 10.6 Å². The van der Waals surface area contributed by atoms with Gasteiger partial charge in [-0.25, -0.2) is 0 Å². The van der Waals surface area contributed by atoms with E-state index in [0.29, 0.717) is 12.2 Å². The first kappa shape index (κ1) is 15.6. The number of hydrogen-bond acceptors (Lipinski definition) is 4. The number of H-pyrrole nitrogens is 1. The molecule has 2 aromatic heterocycles. The summed E-state index contributed by atoms with van der Waals surface area (Å²) < 4.78 is 1.86. The van der Waals surface area contributed by atoms with Crippen LogP contribution in [0.4, 0.5) is 5.69 Å². The molecule has 7 nitrogen and oxygen atoms in total. The van der Waals surface area contributed by atoms with Gasteiger partial charge in [0.1, 0.15) is 0 Å². The van der Waals surface area contributed by atoms with Gasteiger partial charge in [0, 0.05) is 24.1 Å². The second-order valence-corrected chi connectivity index (χ2v) is 6.21. The molecular weight excluding hydrogens is 316 g/mol. The molecule has 1 aromatic carbocycles. The number of carbonyl (C=O) groups excluding carboxylic acids is 1. The van der Waals surface area contributed by atoms with E-state index in [4.69, 9.17) is 0 Å². The predicted molar refractivity (Wildman–Crippen MR) is 94.3 cm³/mol. The van der Waals surface area contributed by atoms with E-state index in [1.165, 1.54) is 0 Å². The summed E-state index contributed by atoms with van der Waals surface area (Å²) >= 11 is 0. The smallest absolute Gasteiger partial charge is 0.276 e. The summed E-state index contributed by atoms with van der Waals surface area (Å²) in [5, 5.41) is 17.6. The minimum absolute atomic E-state index is 0.208. The quantitative estimate of drug-likeness (QED) is 0.667. The summed E-state index contributed by atoms with van der Waals surface area (Å²) in [6.45, 7) is 1.72. The third kappa shape index (κ3) is 3.61. The molecule has 1 amide bonds. The van der Waals surface area contributed by atoms with Crippen LogP contribution in [0.2, 0.25) is 0 Å². The maximum Gasteiger partial charge on any atom is 0.276 e. The molecule has 1 atom stereocenters. The summed E-state index contributed by atoms with van der Waals surface area (Å²) in [7, 11) is 0. The fourth-order valence-corrected chi connectivity index (χ4v) is 3.05. The Morgan fingerprint density at radius 1 is 1.32 bits per heavy atom. The monoisotopic (exact) mass is 336 g/mol. The Labute approximate surface area is 145 Å². The molecule has 0 saturated carbocycles. The second kappa shape index (κ2) is 6.90. The number of nitrogens with zero attached hydrogens (tertiary/aromatic N) is 3. The first-order valence-corrected chi connectivity index (χ1v) is 8.44. The van der Waals surface area contributed by atoms with E-state index in [9.17, 15) is 4.79 Å². The molecular formula is C18H20N6O. The number of rotatable bonds is 5. The van der Waals surface area contributed by atoms with Gasteiger partial charge >= 0.3 is 0 Å². The summed E-state index contributed by atoms with van der Waals surface area (Å²) in [6.07, 6.45) is 5.90. The normalized spacial score (nSPS) is 16.9. The van der Waals surface area contributed by atoms with Gasteiger partial charge in [-0.05, 0) is 49.2 Å². The van der Waals surface area contributed by atoms with Crippen LogP contribution in [0.25, 0.3) is 0 Å². The SMILES string of the molecule is O=C(Nc1ccc(Cn2cccn2)cc1)c1cc(C2CCCN2)[nH]n1. The van der Waals surface area contributed by atoms with Crippen molar-refractivity contribution in [2.75, 3.05) is 11.9 Å². The Balaban J connectivity index is 1.38. The van der Waals surface area contributed by atoms with Crippen LogP contribution in [0.15, 0.2) is 48.8 Å². The van der Waals surface area contributed by atoms with Gasteiger partial charge in [-0.2, -0.15) is 10.2 Å². The van der Waals surface area contributed by atoms with Gasteiger partial charge < -0.3 is 10.6 Å². The topological polar surface area (TPSA) is 87.6 Å². The van der Waals surface area contributed by atoms with Crippen molar-refractivity contribution in [1.82, 2.24) is 25.3 Å². The van der Waals surface area contributed by atoms with Crippen molar-refractivity contribution in [2.45, 2.75) is 25.4 Å². The van der Waals surface area contributed by atoms with Crippen LogP contribution in [0.5, 0.6) is 0 Å². The lowest BCUT2D eigenvalue weighted by molar-refractivity contribution is 0.102. The predicted octanol–water partition coefficient (Wildman–Crippen LogP) is 2.33. The van der Waals surface area contributed by atoms with Crippen LogP contribution in [-0.4, -0.2) is 32.4 Å². The molecule has 4 rings (SSSR count). The molecule has 0 aliphatic carbocycles. The highest BCUT2D eigenvalue weighted by atomic mass is 16.1. The molecule has 3 aromatic rings. The van der Waals surface area contributed by atoms with Crippen molar-refractivity contribution in [3.8, 4) is 0 Å². The lowest BCUT2D eigenvalue weighted by Crippen LogP contribution is -2.13. The van der Waals surface area contributed by atoms with Crippen LogP contribution >= 0.6 is 0 Å². The zero-order chi connectivity index (χ0) is 17.1. The zero-order valence-corrected chi connectivity index (χ0v) is 13.8. The number of carbonyl (C=O) groups is 1. The summed E-state index contributed by atoms with van der Waals surface area (Å²) in [5.74, 6) is -0.208. The third-order valence-corrected chi connectivity index (χ3v) is 4.38. The highest BCUT2D eigenvalue weighted by molar-refractivity contribution is 6.02. The molecule has 0 spiro atoms. The average Bonchev–Trinajstić information content (AvgIpc) is 3.38. The first-order valence-electron chi connectivity index (χ1n) is 8.44. The van der Waals surface area contributed by atoms with Gasteiger partial charge in [-0.1, -0.05) is 12.1 Å². The van der Waals surface area contributed by atoms with Crippen LogP contribution in [0.1, 0.15) is 40.6 Å². The number of anilines is 1. The Kier molecular flexibility index (Phi) is 4.30. The molecule has 1 fully saturated rings. The lowest BCUT2D eigenvalue weighted by atomic mass is 10.1. The van der Waals surface area contributed by atoms with E-state index in [1.54, 1.807) is 6.20 Å². The molecule has 128 valence electrons. The summed E-state index contributed by atoms with van der Waals surface area (Å²) in [6, 6.07) is 11.7. The van der Waals surface area contributed by atoms with Gasteiger partial charge in [0.2, 0.25) is 0 Å². The summed E-state index contributed by atoms with van der Waals surface area (Å²) in [5.41, 5.74) is 3.25. The summed E-state index contributed by atoms with van der Waals surface area (Å²) in [4.78, 5) is 12.4. The number of aromatic nitrogens is 4. The number of hydrogen-bond donors (Lipinski definition) is 3. The molecule has 1 aliphatic rings. The van der Waals surface area contributed by atoms with Gasteiger partial charge in [0.15, 0.2) is 5.69 Å². The number of nitrogens with one attached hydrogen (secondary N) is 3. The molecule has 1 saturated heterocycles.